The van der Waals surface area contributed by atoms with Crippen molar-refractivity contribution in [1.82, 2.24) is 0 Å². The fourth-order valence-corrected chi connectivity index (χ4v) is 2.63. The highest BCUT2D eigenvalue weighted by molar-refractivity contribution is 5.62. The Morgan fingerprint density at radius 2 is 1.85 bits per heavy atom. The highest BCUT2D eigenvalue weighted by atomic mass is 16.5. The summed E-state index contributed by atoms with van der Waals surface area (Å²) in [5.74, 6) is 1.47. The average molecular weight is 267 g/mol. The van der Waals surface area contributed by atoms with Crippen LogP contribution >= 0.6 is 0 Å². The van der Waals surface area contributed by atoms with Gasteiger partial charge in [-0.15, -0.1) is 0 Å². The Bertz CT molecular complexity index is 601. The van der Waals surface area contributed by atoms with Gasteiger partial charge < -0.3 is 10.1 Å². The van der Waals surface area contributed by atoms with E-state index in [1.165, 1.54) is 16.7 Å². The van der Waals surface area contributed by atoms with Crippen LogP contribution in [0.1, 0.15) is 42.6 Å². The van der Waals surface area contributed by atoms with Crippen molar-refractivity contribution in [2.24, 2.45) is 0 Å². The number of hydrogen-bond acceptors (Lipinski definition) is 2. The van der Waals surface area contributed by atoms with Crippen molar-refractivity contribution in [2.45, 2.75) is 32.8 Å². The van der Waals surface area contributed by atoms with E-state index >= 15 is 0 Å². The molecule has 0 amide bonds. The van der Waals surface area contributed by atoms with E-state index in [0.29, 0.717) is 5.92 Å². The lowest BCUT2D eigenvalue weighted by Crippen LogP contribution is -2.24. The maximum absolute atomic E-state index is 6.29. The van der Waals surface area contributed by atoms with Gasteiger partial charge in [0.05, 0.1) is 12.2 Å². The Kier molecular flexibility index (Phi) is 3.39. The van der Waals surface area contributed by atoms with Gasteiger partial charge in [0.25, 0.3) is 0 Å². The Morgan fingerprint density at radius 1 is 1.10 bits per heavy atom. The van der Waals surface area contributed by atoms with Crippen molar-refractivity contribution >= 4 is 5.69 Å². The summed E-state index contributed by atoms with van der Waals surface area (Å²) < 4.78 is 6.29. The van der Waals surface area contributed by atoms with Crippen LogP contribution in [0.2, 0.25) is 0 Å². The van der Waals surface area contributed by atoms with Crippen LogP contribution in [0.25, 0.3) is 0 Å². The van der Waals surface area contributed by atoms with Crippen LogP contribution in [0.15, 0.2) is 42.5 Å². The summed E-state index contributed by atoms with van der Waals surface area (Å²) in [6.07, 6.45) is 0.0861. The lowest BCUT2D eigenvalue weighted by molar-refractivity contribution is 0.207. The molecule has 0 saturated carbocycles. The number of nitrogens with one attached hydrogen (secondary N) is 1. The zero-order chi connectivity index (χ0) is 14.1. The predicted octanol–water partition coefficient (Wildman–Crippen LogP) is 4.66. The van der Waals surface area contributed by atoms with E-state index in [0.717, 1.165) is 18.0 Å². The van der Waals surface area contributed by atoms with Gasteiger partial charge in [-0.05, 0) is 30.0 Å². The van der Waals surface area contributed by atoms with Crippen molar-refractivity contribution in [3.8, 4) is 5.75 Å². The van der Waals surface area contributed by atoms with Gasteiger partial charge in [-0.1, -0.05) is 55.8 Å². The van der Waals surface area contributed by atoms with Crippen molar-refractivity contribution in [3.63, 3.8) is 0 Å². The summed E-state index contributed by atoms with van der Waals surface area (Å²) in [6.45, 7) is 7.33. The van der Waals surface area contributed by atoms with Gasteiger partial charge in [0.2, 0.25) is 0 Å². The number of hydrogen-bond donors (Lipinski definition) is 1. The summed E-state index contributed by atoms with van der Waals surface area (Å²) in [6, 6.07) is 14.9. The molecule has 1 aliphatic heterocycles. The lowest BCUT2D eigenvalue weighted by Gasteiger charge is -2.30. The zero-order valence-electron chi connectivity index (χ0n) is 12.3. The maximum Gasteiger partial charge on any atom is 0.146 e. The second-order valence-corrected chi connectivity index (χ2v) is 5.78. The topological polar surface area (TPSA) is 21.3 Å². The number of aryl methyl sites for hydroxylation is 1. The molecule has 1 N–H and O–H groups in total. The first kappa shape index (κ1) is 13.0. The first-order valence-electron chi connectivity index (χ1n) is 7.25. The number of anilines is 1. The van der Waals surface area contributed by atoms with Crippen molar-refractivity contribution in [3.05, 3.63) is 59.2 Å². The molecule has 0 saturated heterocycles. The van der Waals surface area contributed by atoms with Crippen LogP contribution < -0.4 is 10.1 Å². The van der Waals surface area contributed by atoms with Crippen LogP contribution in [0.3, 0.4) is 0 Å². The Labute approximate surface area is 120 Å². The first-order valence-corrected chi connectivity index (χ1v) is 7.25. The lowest BCUT2D eigenvalue weighted by atomic mass is 9.99. The average Bonchev–Trinajstić information content (AvgIpc) is 2.46. The molecule has 2 heteroatoms. The van der Waals surface area contributed by atoms with Gasteiger partial charge in [-0.2, -0.15) is 0 Å². The molecule has 0 radical (unpaired) electrons. The molecule has 0 bridgehead atoms. The molecule has 2 nitrogen and oxygen atoms in total. The molecule has 3 rings (SSSR count). The summed E-state index contributed by atoms with van der Waals surface area (Å²) in [5.41, 5.74) is 4.89. The van der Waals surface area contributed by atoms with E-state index in [9.17, 15) is 0 Å². The second kappa shape index (κ2) is 5.20. The summed E-state index contributed by atoms with van der Waals surface area (Å²) in [7, 11) is 0. The second-order valence-electron chi connectivity index (χ2n) is 5.78. The smallest absolute Gasteiger partial charge is 0.146 e. The number of rotatable bonds is 2. The zero-order valence-corrected chi connectivity index (χ0v) is 12.3. The third-order valence-corrected chi connectivity index (χ3v) is 3.85. The van der Waals surface area contributed by atoms with Gasteiger partial charge in [0.1, 0.15) is 11.9 Å². The molecule has 0 fully saturated rings. The van der Waals surface area contributed by atoms with E-state index in [4.69, 9.17) is 4.74 Å². The van der Waals surface area contributed by atoms with E-state index in [-0.39, 0.29) is 6.10 Å². The van der Waals surface area contributed by atoms with Gasteiger partial charge >= 0.3 is 0 Å². The highest BCUT2D eigenvalue weighted by Gasteiger charge is 2.23. The van der Waals surface area contributed by atoms with Gasteiger partial charge in [-0.3, -0.25) is 0 Å². The third-order valence-electron chi connectivity index (χ3n) is 3.85. The minimum absolute atomic E-state index is 0.0861. The van der Waals surface area contributed by atoms with Crippen LogP contribution in [0, 0.1) is 6.92 Å². The molecule has 1 atom stereocenters. The SMILES string of the molecule is Cc1ccc(C2CNc3cccc(C(C)C)c3O2)cc1. The fourth-order valence-electron chi connectivity index (χ4n) is 2.63. The molecular weight excluding hydrogens is 246 g/mol. The van der Waals surface area contributed by atoms with E-state index in [1.54, 1.807) is 0 Å². The number of fused-ring (bicyclic) bond motifs is 1. The fraction of sp³-hybridized carbons (Fsp3) is 0.333. The van der Waals surface area contributed by atoms with Crippen LogP contribution in [-0.2, 0) is 0 Å². The molecule has 0 aromatic heterocycles. The number of para-hydroxylation sites is 1. The minimum atomic E-state index is 0.0861. The maximum atomic E-state index is 6.29. The largest absolute Gasteiger partial charge is 0.481 e. The normalized spacial score (nSPS) is 17.3. The van der Waals surface area contributed by atoms with Crippen molar-refractivity contribution < 1.29 is 4.74 Å². The van der Waals surface area contributed by atoms with E-state index in [2.05, 4.69) is 68.6 Å². The highest BCUT2D eigenvalue weighted by Crippen LogP contribution is 2.39. The quantitative estimate of drug-likeness (QED) is 0.854. The molecule has 104 valence electrons. The molecule has 2 aromatic carbocycles. The van der Waals surface area contributed by atoms with Crippen LogP contribution in [0.4, 0.5) is 5.69 Å². The number of ether oxygens (including phenoxy) is 1. The van der Waals surface area contributed by atoms with Gasteiger partial charge in [0, 0.05) is 0 Å². The summed E-state index contributed by atoms with van der Waals surface area (Å²) in [4.78, 5) is 0. The minimum Gasteiger partial charge on any atom is -0.481 e. The molecule has 0 aliphatic carbocycles. The molecule has 1 heterocycles. The predicted molar refractivity (Wildman–Crippen MR) is 83.6 cm³/mol. The molecule has 2 aromatic rings. The van der Waals surface area contributed by atoms with Crippen molar-refractivity contribution in [2.75, 3.05) is 11.9 Å². The van der Waals surface area contributed by atoms with Crippen LogP contribution in [-0.4, -0.2) is 6.54 Å². The third kappa shape index (κ3) is 2.38. The Morgan fingerprint density at radius 3 is 2.55 bits per heavy atom. The molecule has 0 spiro atoms. The molecule has 1 aliphatic rings. The Hall–Kier alpha value is -1.96. The number of benzene rings is 2. The first-order chi connectivity index (χ1) is 9.65. The monoisotopic (exact) mass is 267 g/mol. The van der Waals surface area contributed by atoms with Gasteiger partial charge in [-0.25, -0.2) is 0 Å². The van der Waals surface area contributed by atoms with E-state index < -0.39 is 0 Å². The molecule has 1 unspecified atom stereocenters. The van der Waals surface area contributed by atoms with E-state index in [1.807, 2.05) is 0 Å². The summed E-state index contributed by atoms with van der Waals surface area (Å²) in [5, 5.41) is 3.50. The Balaban J connectivity index is 1.93. The molecule has 20 heavy (non-hydrogen) atoms. The summed E-state index contributed by atoms with van der Waals surface area (Å²) >= 11 is 0. The standard InChI is InChI=1S/C18H21NO/c1-12(2)15-5-4-6-16-18(15)20-17(11-19-16)14-9-7-13(3)8-10-14/h4-10,12,17,19H,11H2,1-3H3. The van der Waals surface area contributed by atoms with Gasteiger partial charge in [0.15, 0.2) is 0 Å². The van der Waals surface area contributed by atoms with Crippen LogP contribution in [0.5, 0.6) is 5.75 Å². The molecular formula is C18H21NO. The van der Waals surface area contributed by atoms with Crippen molar-refractivity contribution in [1.29, 1.82) is 0 Å².